The van der Waals surface area contributed by atoms with Crippen molar-refractivity contribution in [1.29, 1.82) is 0 Å². The first-order valence-corrected chi connectivity index (χ1v) is 7.45. The number of rotatable bonds is 2. The maximum Gasteiger partial charge on any atom is 0.228 e. The first-order chi connectivity index (χ1) is 10.6. The van der Waals surface area contributed by atoms with Crippen LogP contribution in [0.1, 0.15) is 18.0 Å². The zero-order valence-electron chi connectivity index (χ0n) is 12.5. The third-order valence-corrected chi connectivity index (χ3v) is 4.44. The highest BCUT2D eigenvalue weighted by Gasteiger charge is 2.44. The summed E-state index contributed by atoms with van der Waals surface area (Å²) >= 11 is 0. The molecule has 1 aromatic carbocycles. The van der Waals surface area contributed by atoms with Crippen LogP contribution in [0.4, 0.5) is 4.39 Å². The van der Waals surface area contributed by atoms with Crippen LogP contribution in [0.5, 0.6) is 0 Å². The van der Waals surface area contributed by atoms with Crippen molar-refractivity contribution in [2.75, 3.05) is 33.4 Å². The second kappa shape index (κ2) is 6.04. The number of halogens is 1. The van der Waals surface area contributed by atoms with Crippen LogP contribution in [0.2, 0.25) is 0 Å². The number of benzene rings is 1. The molecular formula is C16H19FN2O3. The Morgan fingerprint density at radius 3 is 2.50 bits per heavy atom. The topological polar surface area (TPSA) is 49.9 Å². The van der Waals surface area contributed by atoms with Gasteiger partial charge in [-0.25, -0.2) is 4.39 Å². The van der Waals surface area contributed by atoms with E-state index >= 15 is 0 Å². The number of carbonyl (C=O) groups excluding carboxylic acids is 2. The molecule has 2 aliphatic rings. The van der Waals surface area contributed by atoms with Crippen molar-refractivity contribution in [2.24, 2.45) is 5.92 Å². The van der Waals surface area contributed by atoms with E-state index in [9.17, 15) is 14.0 Å². The Balaban J connectivity index is 1.86. The smallest absolute Gasteiger partial charge is 0.228 e. The van der Waals surface area contributed by atoms with Crippen LogP contribution in [0.3, 0.4) is 0 Å². The molecule has 0 spiro atoms. The lowest BCUT2D eigenvalue weighted by Gasteiger charge is -2.32. The highest BCUT2D eigenvalue weighted by Crippen LogP contribution is 2.38. The third-order valence-electron chi connectivity index (χ3n) is 4.44. The average Bonchev–Trinajstić information content (AvgIpc) is 2.84. The summed E-state index contributed by atoms with van der Waals surface area (Å²) in [7, 11) is 1.70. The predicted molar refractivity (Wildman–Crippen MR) is 77.4 cm³/mol. The van der Waals surface area contributed by atoms with E-state index in [1.807, 2.05) is 0 Å². The van der Waals surface area contributed by atoms with Crippen LogP contribution in [0.25, 0.3) is 0 Å². The van der Waals surface area contributed by atoms with Gasteiger partial charge >= 0.3 is 0 Å². The van der Waals surface area contributed by atoms with E-state index in [0.29, 0.717) is 26.3 Å². The van der Waals surface area contributed by atoms with E-state index in [-0.39, 0.29) is 30.1 Å². The molecule has 0 unspecified atom stereocenters. The largest absolute Gasteiger partial charge is 0.378 e. The molecule has 0 aliphatic carbocycles. The molecular weight excluding hydrogens is 287 g/mol. The maximum absolute atomic E-state index is 13.1. The van der Waals surface area contributed by atoms with Gasteiger partial charge in [0.15, 0.2) is 0 Å². The molecule has 0 saturated carbocycles. The fourth-order valence-corrected chi connectivity index (χ4v) is 3.23. The standard InChI is InChI=1S/C16H19FN2O3/c1-18-14(20)10-13(16(21)19-6-8-22-9-7-19)15(18)11-2-4-12(17)5-3-11/h2-5,13,15H,6-10H2,1H3/t13-,15-/m1/s1. The zero-order valence-corrected chi connectivity index (χ0v) is 12.5. The van der Waals surface area contributed by atoms with Gasteiger partial charge < -0.3 is 14.5 Å². The summed E-state index contributed by atoms with van der Waals surface area (Å²) in [5.74, 6) is -0.816. The normalized spacial score (nSPS) is 25.6. The summed E-state index contributed by atoms with van der Waals surface area (Å²) in [5.41, 5.74) is 0.793. The molecule has 0 aromatic heterocycles. The number of hydrogen-bond donors (Lipinski definition) is 0. The van der Waals surface area contributed by atoms with Crippen molar-refractivity contribution < 1.29 is 18.7 Å². The van der Waals surface area contributed by atoms with Gasteiger partial charge in [-0.05, 0) is 17.7 Å². The Labute approximate surface area is 128 Å². The molecule has 2 fully saturated rings. The van der Waals surface area contributed by atoms with Gasteiger partial charge in [-0.15, -0.1) is 0 Å². The number of amides is 2. The minimum Gasteiger partial charge on any atom is -0.378 e. The van der Waals surface area contributed by atoms with Crippen molar-refractivity contribution >= 4 is 11.8 Å². The maximum atomic E-state index is 13.1. The summed E-state index contributed by atoms with van der Waals surface area (Å²) in [5, 5.41) is 0. The molecule has 6 heteroatoms. The lowest BCUT2D eigenvalue weighted by Crippen LogP contribution is -2.44. The Bertz CT molecular complexity index is 569. The monoisotopic (exact) mass is 306 g/mol. The lowest BCUT2D eigenvalue weighted by molar-refractivity contribution is -0.140. The Kier molecular flexibility index (Phi) is 4.11. The van der Waals surface area contributed by atoms with Gasteiger partial charge in [-0.3, -0.25) is 9.59 Å². The van der Waals surface area contributed by atoms with Crippen molar-refractivity contribution in [3.8, 4) is 0 Å². The van der Waals surface area contributed by atoms with E-state index in [1.165, 1.54) is 12.1 Å². The SMILES string of the molecule is CN1C(=O)C[C@@H](C(=O)N2CCOCC2)[C@H]1c1ccc(F)cc1. The molecule has 0 radical (unpaired) electrons. The molecule has 1 aromatic rings. The molecule has 0 bridgehead atoms. The van der Waals surface area contributed by atoms with Crippen LogP contribution in [-0.2, 0) is 14.3 Å². The van der Waals surface area contributed by atoms with Crippen molar-refractivity contribution in [3.05, 3.63) is 35.6 Å². The molecule has 0 N–H and O–H groups in total. The number of morpholine rings is 1. The number of likely N-dealkylation sites (tertiary alicyclic amines) is 1. The molecule has 2 heterocycles. The predicted octanol–water partition coefficient (Wildman–Crippen LogP) is 1.20. The summed E-state index contributed by atoms with van der Waals surface area (Å²) in [6.07, 6.45) is 0.203. The van der Waals surface area contributed by atoms with E-state index in [2.05, 4.69) is 0 Å². The van der Waals surface area contributed by atoms with Crippen LogP contribution in [-0.4, -0.2) is 55.0 Å². The molecule has 118 valence electrons. The van der Waals surface area contributed by atoms with E-state index in [4.69, 9.17) is 4.74 Å². The number of nitrogens with zero attached hydrogens (tertiary/aromatic N) is 2. The minimum atomic E-state index is -0.416. The fraction of sp³-hybridized carbons (Fsp3) is 0.500. The summed E-state index contributed by atoms with van der Waals surface area (Å²) in [4.78, 5) is 28.2. The van der Waals surface area contributed by atoms with E-state index < -0.39 is 5.92 Å². The van der Waals surface area contributed by atoms with Crippen LogP contribution in [0.15, 0.2) is 24.3 Å². The first kappa shape index (κ1) is 15.0. The molecule has 2 saturated heterocycles. The lowest BCUT2D eigenvalue weighted by atomic mass is 9.92. The van der Waals surface area contributed by atoms with Crippen molar-refractivity contribution in [2.45, 2.75) is 12.5 Å². The van der Waals surface area contributed by atoms with Gasteiger partial charge in [0, 0.05) is 26.6 Å². The van der Waals surface area contributed by atoms with Gasteiger partial charge in [0.25, 0.3) is 0 Å². The second-order valence-electron chi connectivity index (χ2n) is 5.75. The summed E-state index contributed by atoms with van der Waals surface area (Å²) in [6.45, 7) is 2.18. The molecule has 5 nitrogen and oxygen atoms in total. The third kappa shape index (κ3) is 2.70. The molecule has 2 amide bonds. The van der Waals surface area contributed by atoms with E-state index in [1.54, 1.807) is 29.0 Å². The molecule has 2 aliphatic heterocycles. The highest BCUT2D eigenvalue weighted by molar-refractivity contribution is 5.90. The number of carbonyl (C=O) groups is 2. The number of hydrogen-bond acceptors (Lipinski definition) is 3. The van der Waals surface area contributed by atoms with Gasteiger partial charge in [-0.1, -0.05) is 12.1 Å². The first-order valence-electron chi connectivity index (χ1n) is 7.45. The molecule has 22 heavy (non-hydrogen) atoms. The minimum absolute atomic E-state index is 0.0182. The number of ether oxygens (including phenoxy) is 1. The van der Waals surface area contributed by atoms with Crippen LogP contribution < -0.4 is 0 Å². The van der Waals surface area contributed by atoms with Crippen molar-refractivity contribution in [1.82, 2.24) is 9.80 Å². The zero-order chi connectivity index (χ0) is 15.7. The quantitative estimate of drug-likeness (QED) is 0.825. The Hall–Kier alpha value is -1.95. The Morgan fingerprint density at radius 2 is 1.86 bits per heavy atom. The Morgan fingerprint density at radius 1 is 1.23 bits per heavy atom. The highest BCUT2D eigenvalue weighted by atomic mass is 19.1. The second-order valence-corrected chi connectivity index (χ2v) is 5.75. The van der Waals surface area contributed by atoms with Crippen molar-refractivity contribution in [3.63, 3.8) is 0 Å². The van der Waals surface area contributed by atoms with Crippen LogP contribution in [0, 0.1) is 11.7 Å². The van der Waals surface area contributed by atoms with Gasteiger partial charge in [0.1, 0.15) is 5.82 Å². The van der Waals surface area contributed by atoms with Gasteiger partial charge in [-0.2, -0.15) is 0 Å². The van der Waals surface area contributed by atoms with Crippen LogP contribution >= 0.6 is 0 Å². The van der Waals surface area contributed by atoms with E-state index in [0.717, 1.165) is 5.56 Å². The van der Waals surface area contributed by atoms with Gasteiger partial charge in [0.2, 0.25) is 11.8 Å². The summed E-state index contributed by atoms with van der Waals surface area (Å²) in [6, 6.07) is 5.69. The summed E-state index contributed by atoms with van der Waals surface area (Å²) < 4.78 is 18.4. The fourth-order valence-electron chi connectivity index (χ4n) is 3.23. The molecule has 3 rings (SSSR count). The molecule has 2 atom stereocenters. The average molecular weight is 306 g/mol. The van der Waals surface area contributed by atoms with Gasteiger partial charge in [0.05, 0.1) is 25.2 Å².